The van der Waals surface area contributed by atoms with Crippen molar-refractivity contribution >= 4 is 5.69 Å². The summed E-state index contributed by atoms with van der Waals surface area (Å²) in [7, 11) is 0. The molecule has 16 heavy (non-hydrogen) atoms. The Morgan fingerprint density at radius 1 is 1.06 bits per heavy atom. The van der Waals surface area contributed by atoms with Gasteiger partial charge in [-0.3, -0.25) is 0 Å². The van der Waals surface area contributed by atoms with E-state index in [4.69, 9.17) is 16.9 Å². The molecular formula is C14H11NO. The number of ether oxygens (including phenoxy) is 1. The minimum atomic E-state index is 0.663. The van der Waals surface area contributed by atoms with Crippen LogP contribution in [0.4, 0.5) is 5.69 Å². The van der Waals surface area contributed by atoms with Gasteiger partial charge in [0, 0.05) is 11.8 Å². The molecule has 2 aromatic rings. The lowest BCUT2D eigenvalue weighted by atomic mass is 10.2. The van der Waals surface area contributed by atoms with Crippen molar-refractivity contribution in [1.29, 1.82) is 0 Å². The van der Waals surface area contributed by atoms with E-state index in [1.54, 1.807) is 12.1 Å². The molecule has 0 fully saturated rings. The predicted octanol–water partition coefficient (Wildman–Crippen LogP) is 3.04. The van der Waals surface area contributed by atoms with E-state index in [1.807, 2.05) is 36.4 Å². The lowest BCUT2D eigenvalue weighted by Gasteiger charge is -2.07. The summed E-state index contributed by atoms with van der Waals surface area (Å²) in [5.74, 6) is 3.92. The van der Waals surface area contributed by atoms with E-state index in [9.17, 15) is 0 Å². The Morgan fingerprint density at radius 3 is 2.62 bits per heavy atom. The third kappa shape index (κ3) is 2.15. The quantitative estimate of drug-likeness (QED) is 0.609. The summed E-state index contributed by atoms with van der Waals surface area (Å²) in [4.78, 5) is 0. The monoisotopic (exact) mass is 209 g/mol. The third-order valence-corrected chi connectivity index (χ3v) is 2.13. The Kier molecular flexibility index (Phi) is 2.79. The molecular weight excluding hydrogens is 198 g/mol. The van der Waals surface area contributed by atoms with Gasteiger partial charge in [0.25, 0.3) is 0 Å². The highest BCUT2D eigenvalue weighted by Crippen LogP contribution is 2.25. The molecule has 0 aliphatic rings. The molecule has 2 nitrogen and oxygen atoms in total. The molecule has 2 rings (SSSR count). The molecule has 2 N–H and O–H groups in total. The van der Waals surface area contributed by atoms with Crippen molar-refractivity contribution in [3.8, 4) is 23.8 Å². The topological polar surface area (TPSA) is 35.2 Å². The number of nitrogens with two attached hydrogens (primary N) is 1. The molecule has 0 amide bonds. The molecule has 0 aromatic heterocycles. The summed E-state index contributed by atoms with van der Waals surface area (Å²) in [6.45, 7) is 0. The second-order valence-electron chi connectivity index (χ2n) is 3.32. The average molecular weight is 209 g/mol. The smallest absolute Gasteiger partial charge is 0.143 e. The van der Waals surface area contributed by atoms with Crippen LogP contribution in [0.2, 0.25) is 0 Å². The lowest BCUT2D eigenvalue weighted by Crippen LogP contribution is -1.89. The van der Waals surface area contributed by atoms with Crippen molar-refractivity contribution in [3.63, 3.8) is 0 Å². The number of rotatable bonds is 2. The molecule has 0 aliphatic carbocycles. The van der Waals surface area contributed by atoms with Crippen LogP contribution < -0.4 is 10.5 Å². The fraction of sp³-hybridized carbons (Fsp3) is 0. The van der Waals surface area contributed by atoms with Crippen LogP contribution in [-0.2, 0) is 0 Å². The zero-order valence-corrected chi connectivity index (χ0v) is 8.68. The highest BCUT2D eigenvalue weighted by atomic mass is 16.5. The number of benzene rings is 2. The van der Waals surface area contributed by atoms with E-state index >= 15 is 0 Å². The van der Waals surface area contributed by atoms with E-state index in [0.29, 0.717) is 17.2 Å². The first-order chi connectivity index (χ1) is 7.79. The van der Waals surface area contributed by atoms with Crippen molar-refractivity contribution in [2.75, 3.05) is 5.73 Å². The minimum absolute atomic E-state index is 0.663. The molecule has 0 radical (unpaired) electrons. The predicted molar refractivity (Wildman–Crippen MR) is 65.3 cm³/mol. The van der Waals surface area contributed by atoms with E-state index in [2.05, 4.69) is 5.92 Å². The molecule has 0 aliphatic heterocycles. The van der Waals surface area contributed by atoms with Gasteiger partial charge in [0.15, 0.2) is 0 Å². The van der Waals surface area contributed by atoms with Crippen LogP contribution in [0.15, 0.2) is 48.5 Å². The van der Waals surface area contributed by atoms with Crippen LogP contribution in [0, 0.1) is 12.3 Å². The van der Waals surface area contributed by atoms with Gasteiger partial charge >= 0.3 is 0 Å². The fourth-order valence-corrected chi connectivity index (χ4v) is 1.38. The van der Waals surface area contributed by atoms with Gasteiger partial charge < -0.3 is 10.5 Å². The van der Waals surface area contributed by atoms with Gasteiger partial charge in [-0.2, -0.15) is 0 Å². The molecule has 2 aromatic carbocycles. The zero-order chi connectivity index (χ0) is 11.4. The number of hydrogen-bond donors (Lipinski definition) is 1. The van der Waals surface area contributed by atoms with Crippen LogP contribution in [0.25, 0.3) is 0 Å². The highest BCUT2D eigenvalue weighted by Gasteiger charge is 2.01. The van der Waals surface area contributed by atoms with Gasteiger partial charge in [0.05, 0.1) is 5.56 Å². The molecule has 2 heteroatoms. The third-order valence-electron chi connectivity index (χ3n) is 2.13. The minimum Gasteiger partial charge on any atom is -0.456 e. The number of anilines is 1. The van der Waals surface area contributed by atoms with Crippen LogP contribution >= 0.6 is 0 Å². The maximum Gasteiger partial charge on any atom is 0.143 e. The molecule has 78 valence electrons. The highest BCUT2D eigenvalue weighted by molar-refractivity contribution is 5.49. The maximum absolute atomic E-state index is 5.66. The van der Waals surface area contributed by atoms with Gasteiger partial charge in [-0.05, 0) is 24.3 Å². The Morgan fingerprint density at radius 2 is 1.88 bits per heavy atom. The molecule has 0 unspecified atom stereocenters. The van der Waals surface area contributed by atoms with Crippen molar-refractivity contribution in [2.24, 2.45) is 0 Å². The molecule has 0 bridgehead atoms. The summed E-state index contributed by atoms with van der Waals surface area (Å²) in [5.41, 5.74) is 7.05. The largest absolute Gasteiger partial charge is 0.456 e. The number of terminal acetylenes is 1. The van der Waals surface area contributed by atoms with Crippen LogP contribution in [-0.4, -0.2) is 0 Å². The summed E-state index contributed by atoms with van der Waals surface area (Å²) >= 11 is 0. The van der Waals surface area contributed by atoms with Crippen molar-refractivity contribution in [3.05, 3.63) is 54.1 Å². The molecule has 0 saturated heterocycles. The van der Waals surface area contributed by atoms with E-state index in [1.165, 1.54) is 0 Å². The van der Waals surface area contributed by atoms with Gasteiger partial charge in [0.1, 0.15) is 11.5 Å². The Hall–Kier alpha value is -2.40. The molecule has 0 saturated carbocycles. The second kappa shape index (κ2) is 4.41. The maximum atomic E-state index is 5.66. The van der Waals surface area contributed by atoms with Gasteiger partial charge in [-0.15, -0.1) is 6.42 Å². The lowest BCUT2D eigenvalue weighted by molar-refractivity contribution is 0.481. The summed E-state index contributed by atoms with van der Waals surface area (Å²) in [6, 6.07) is 14.7. The average Bonchev–Trinajstić information content (AvgIpc) is 2.30. The first-order valence-electron chi connectivity index (χ1n) is 4.88. The molecule has 0 atom stereocenters. The van der Waals surface area contributed by atoms with Crippen molar-refractivity contribution in [1.82, 2.24) is 0 Å². The zero-order valence-electron chi connectivity index (χ0n) is 8.68. The first-order valence-corrected chi connectivity index (χ1v) is 4.88. The van der Waals surface area contributed by atoms with Crippen molar-refractivity contribution in [2.45, 2.75) is 0 Å². The van der Waals surface area contributed by atoms with Gasteiger partial charge in [0.2, 0.25) is 0 Å². The van der Waals surface area contributed by atoms with Crippen molar-refractivity contribution < 1.29 is 4.74 Å². The summed E-state index contributed by atoms with van der Waals surface area (Å²) < 4.78 is 5.66. The molecule has 0 spiro atoms. The number of nitrogen functional groups attached to an aromatic ring is 1. The Balaban J connectivity index is 2.31. The normalized spacial score (nSPS) is 9.44. The SMILES string of the molecule is C#Cc1ccccc1Oc1cccc(N)c1. The fourth-order valence-electron chi connectivity index (χ4n) is 1.38. The van der Waals surface area contributed by atoms with Gasteiger partial charge in [-0.25, -0.2) is 0 Å². The number of para-hydroxylation sites is 1. The Labute approximate surface area is 94.7 Å². The Bertz CT molecular complexity index is 540. The van der Waals surface area contributed by atoms with Crippen LogP contribution in [0.5, 0.6) is 11.5 Å². The molecule has 0 heterocycles. The van der Waals surface area contributed by atoms with E-state index < -0.39 is 0 Å². The van der Waals surface area contributed by atoms with E-state index in [0.717, 1.165) is 5.56 Å². The van der Waals surface area contributed by atoms with Crippen LogP contribution in [0.1, 0.15) is 5.56 Å². The van der Waals surface area contributed by atoms with E-state index in [-0.39, 0.29) is 0 Å². The van der Waals surface area contributed by atoms with Crippen LogP contribution in [0.3, 0.4) is 0 Å². The number of hydrogen-bond acceptors (Lipinski definition) is 2. The summed E-state index contributed by atoms with van der Waals surface area (Å²) in [6.07, 6.45) is 5.38. The standard InChI is InChI=1S/C14H11NO/c1-2-11-6-3-4-9-14(11)16-13-8-5-7-12(15)10-13/h1,3-10H,15H2. The van der Waals surface area contributed by atoms with Gasteiger partial charge in [-0.1, -0.05) is 24.1 Å². The summed E-state index contributed by atoms with van der Waals surface area (Å²) in [5, 5.41) is 0. The first kappa shape index (κ1) is 10.1. The second-order valence-corrected chi connectivity index (χ2v) is 3.32.